The summed E-state index contributed by atoms with van der Waals surface area (Å²) in [5.41, 5.74) is 2.49. The van der Waals surface area contributed by atoms with Crippen LogP contribution in [0.5, 0.6) is 0 Å². The van der Waals surface area contributed by atoms with E-state index >= 15 is 0 Å². The molecule has 118 valence electrons. The van der Waals surface area contributed by atoms with Crippen molar-refractivity contribution in [3.05, 3.63) is 45.6 Å². The number of nitro groups is 1. The van der Waals surface area contributed by atoms with Crippen molar-refractivity contribution in [3.63, 3.8) is 0 Å². The number of carbonyl (C=O) groups excluding carboxylic acids is 1. The van der Waals surface area contributed by atoms with E-state index in [1.807, 2.05) is 25.1 Å². The first-order chi connectivity index (χ1) is 10.9. The molecule has 2 aromatic heterocycles. The zero-order valence-electron chi connectivity index (χ0n) is 12.4. The van der Waals surface area contributed by atoms with Gasteiger partial charge in [-0.3, -0.25) is 4.79 Å². The van der Waals surface area contributed by atoms with Crippen LogP contribution in [0.15, 0.2) is 24.3 Å². The number of aromatic nitrogens is 3. The van der Waals surface area contributed by atoms with Crippen LogP contribution in [0.3, 0.4) is 0 Å². The molecule has 2 heterocycles. The second kappa shape index (κ2) is 5.76. The number of hydrogen-bond donors (Lipinski definition) is 1. The third-order valence-corrected chi connectivity index (χ3v) is 4.17. The van der Waals surface area contributed by atoms with Gasteiger partial charge in [-0.05, 0) is 36.5 Å². The quantitative estimate of drug-likeness (QED) is 0.585. The van der Waals surface area contributed by atoms with Crippen LogP contribution < -0.4 is 5.32 Å². The lowest BCUT2D eigenvalue weighted by molar-refractivity contribution is -0.389. The molecule has 0 bridgehead atoms. The van der Waals surface area contributed by atoms with Crippen molar-refractivity contribution in [2.24, 2.45) is 0 Å². The fourth-order valence-electron chi connectivity index (χ4n) is 2.12. The number of thiazole rings is 1. The first kappa shape index (κ1) is 15.1. The zero-order chi connectivity index (χ0) is 16.6. The van der Waals surface area contributed by atoms with Crippen LogP contribution in [0, 0.1) is 24.0 Å². The average molecular weight is 331 g/mol. The maximum absolute atomic E-state index is 12.1. The molecule has 0 atom stereocenters. The summed E-state index contributed by atoms with van der Waals surface area (Å²) in [6.07, 6.45) is 0. The molecule has 1 amide bonds. The van der Waals surface area contributed by atoms with Gasteiger partial charge in [0, 0.05) is 0 Å². The van der Waals surface area contributed by atoms with Gasteiger partial charge < -0.3 is 15.4 Å². The van der Waals surface area contributed by atoms with Crippen LogP contribution in [0.2, 0.25) is 0 Å². The van der Waals surface area contributed by atoms with Crippen molar-refractivity contribution < 1.29 is 9.72 Å². The van der Waals surface area contributed by atoms with Gasteiger partial charge in [0.2, 0.25) is 5.91 Å². The number of rotatable bonds is 4. The fraction of sp³-hybridized carbons (Fsp3) is 0.214. The van der Waals surface area contributed by atoms with Crippen LogP contribution in [-0.4, -0.2) is 25.6 Å². The molecule has 1 aromatic carbocycles. The van der Waals surface area contributed by atoms with E-state index in [0.717, 1.165) is 15.8 Å². The first-order valence-electron chi connectivity index (χ1n) is 6.78. The van der Waals surface area contributed by atoms with Gasteiger partial charge in [-0.2, -0.15) is 4.68 Å². The van der Waals surface area contributed by atoms with Gasteiger partial charge in [0.25, 0.3) is 0 Å². The van der Waals surface area contributed by atoms with E-state index in [4.69, 9.17) is 0 Å². The second-order valence-electron chi connectivity index (χ2n) is 5.10. The SMILES string of the molecule is Cc1ccc2nc(NC(=O)Cn3nc([N+](=O)[O-])cc3C)sc2c1. The maximum atomic E-state index is 12.1. The summed E-state index contributed by atoms with van der Waals surface area (Å²) in [6, 6.07) is 7.19. The van der Waals surface area contributed by atoms with Gasteiger partial charge in [0.1, 0.15) is 6.54 Å². The highest BCUT2D eigenvalue weighted by atomic mass is 32.1. The monoisotopic (exact) mass is 331 g/mol. The standard InChI is InChI=1S/C14H13N5O3S/c1-8-3-4-10-11(5-8)23-14(15-10)16-13(20)7-18-9(2)6-12(17-18)19(21)22/h3-6H,7H2,1-2H3,(H,15,16,20). The van der Waals surface area contributed by atoms with Gasteiger partial charge in [0.15, 0.2) is 5.13 Å². The second-order valence-corrected chi connectivity index (χ2v) is 6.13. The Hall–Kier alpha value is -2.81. The van der Waals surface area contributed by atoms with Crippen molar-refractivity contribution in [2.45, 2.75) is 20.4 Å². The summed E-state index contributed by atoms with van der Waals surface area (Å²) >= 11 is 1.38. The molecule has 8 nitrogen and oxygen atoms in total. The minimum absolute atomic E-state index is 0.103. The van der Waals surface area contributed by atoms with Crippen molar-refractivity contribution in [2.75, 3.05) is 5.32 Å². The summed E-state index contributed by atoms with van der Waals surface area (Å²) < 4.78 is 2.29. The molecular formula is C14H13N5O3S. The van der Waals surface area contributed by atoms with E-state index in [9.17, 15) is 14.9 Å². The van der Waals surface area contributed by atoms with Crippen LogP contribution in [0.25, 0.3) is 10.2 Å². The minimum Gasteiger partial charge on any atom is -0.358 e. The van der Waals surface area contributed by atoms with Crippen LogP contribution in [0.1, 0.15) is 11.3 Å². The molecule has 0 saturated carbocycles. The molecule has 1 N–H and O–H groups in total. The third-order valence-electron chi connectivity index (χ3n) is 3.24. The summed E-state index contributed by atoms with van der Waals surface area (Å²) in [4.78, 5) is 26.5. The van der Waals surface area contributed by atoms with Crippen LogP contribution in [0.4, 0.5) is 10.9 Å². The van der Waals surface area contributed by atoms with Gasteiger partial charge >= 0.3 is 5.82 Å². The Morgan fingerprint density at radius 2 is 2.17 bits per heavy atom. The number of aryl methyl sites for hydroxylation is 2. The lowest BCUT2D eigenvalue weighted by Gasteiger charge is -2.00. The number of carbonyl (C=O) groups is 1. The Bertz CT molecular complexity index is 914. The number of benzene rings is 1. The van der Waals surface area contributed by atoms with Crippen molar-refractivity contribution >= 4 is 38.4 Å². The van der Waals surface area contributed by atoms with Gasteiger partial charge in [-0.15, -0.1) is 0 Å². The highest BCUT2D eigenvalue weighted by Crippen LogP contribution is 2.26. The molecule has 0 fully saturated rings. The van der Waals surface area contributed by atoms with E-state index in [0.29, 0.717) is 10.8 Å². The summed E-state index contributed by atoms with van der Waals surface area (Å²) in [5.74, 6) is -0.604. The lowest BCUT2D eigenvalue weighted by atomic mass is 10.2. The minimum atomic E-state index is -0.586. The molecule has 0 unspecified atom stereocenters. The average Bonchev–Trinajstić information content (AvgIpc) is 3.02. The van der Waals surface area contributed by atoms with Crippen molar-refractivity contribution in [1.29, 1.82) is 0 Å². The Morgan fingerprint density at radius 3 is 2.87 bits per heavy atom. The number of anilines is 1. The number of hydrogen-bond acceptors (Lipinski definition) is 6. The van der Waals surface area contributed by atoms with Crippen molar-refractivity contribution in [3.8, 4) is 0 Å². The maximum Gasteiger partial charge on any atom is 0.390 e. The predicted octanol–water partition coefficient (Wildman–Crippen LogP) is 2.66. The Balaban J connectivity index is 1.74. The summed E-state index contributed by atoms with van der Waals surface area (Å²) in [6.45, 7) is 3.55. The normalized spacial score (nSPS) is 10.9. The Labute approximate surface area is 134 Å². The van der Waals surface area contributed by atoms with E-state index < -0.39 is 4.92 Å². The molecule has 0 aliphatic heterocycles. The third kappa shape index (κ3) is 3.19. The Kier molecular flexibility index (Phi) is 3.78. The zero-order valence-corrected chi connectivity index (χ0v) is 13.3. The molecule has 3 rings (SSSR count). The highest BCUT2D eigenvalue weighted by molar-refractivity contribution is 7.22. The number of nitrogens with zero attached hydrogens (tertiary/aromatic N) is 4. The van der Waals surface area contributed by atoms with E-state index in [2.05, 4.69) is 15.4 Å². The fourth-order valence-corrected chi connectivity index (χ4v) is 3.10. The van der Waals surface area contributed by atoms with E-state index in [-0.39, 0.29) is 18.3 Å². The molecule has 0 saturated heterocycles. The molecule has 0 aliphatic rings. The van der Waals surface area contributed by atoms with Gasteiger partial charge in [-0.25, -0.2) is 4.98 Å². The molecule has 0 spiro atoms. The van der Waals surface area contributed by atoms with E-state index in [1.165, 1.54) is 22.1 Å². The molecule has 23 heavy (non-hydrogen) atoms. The highest BCUT2D eigenvalue weighted by Gasteiger charge is 2.18. The summed E-state index contributed by atoms with van der Waals surface area (Å²) in [5, 5.41) is 17.7. The first-order valence-corrected chi connectivity index (χ1v) is 7.60. The van der Waals surface area contributed by atoms with Crippen LogP contribution in [-0.2, 0) is 11.3 Å². The molecule has 3 aromatic rings. The Morgan fingerprint density at radius 1 is 1.39 bits per heavy atom. The lowest BCUT2D eigenvalue weighted by Crippen LogP contribution is -2.20. The van der Waals surface area contributed by atoms with E-state index in [1.54, 1.807) is 6.92 Å². The number of nitrogens with one attached hydrogen (secondary N) is 1. The number of fused-ring (bicyclic) bond motifs is 1. The summed E-state index contributed by atoms with van der Waals surface area (Å²) in [7, 11) is 0. The molecular weight excluding hydrogens is 318 g/mol. The van der Waals surface area contributed by atoms with Gasteiger partial charge in [0.05, 0.1) is 27.1 Å². The van der Waals surface area contributed by atoms with Crippen molar-refractivity contribution in [1.82, 2.24) is 14.8 Å². The predicted molar refractivity (Wildman–Crippen MR) is 86.6 cm³/mol. The molecule has 0 radical (unpaired) electrons. The van der Waals surface area contributed by atoms with Crippen LogP contribution >= 0.6 is 11.3 Å². The molecule has 0 aliphatic carbocycles. The largest absolute Gasteiger partial charge is 0.390 e. The molecule has 9 heteroatoms. The van der Waals surface area contributed by atoms with Gasteiger partial charge in [-0.1, -0.05) is 17.4 Å². The topological polar surface area (TPSA) is 103 Å². The smallest absolute Gasteiger partial charge is 0.358 e. The number of amides is 1.